The van der Waals surface area contributed by atoms with Gasteiger partial charge in [0.15, 0.2) is 0 Å². The van der Waals surface area contributed by atoms with Crippen LogP contribution in [0.1, 0.15) is 12.5 Å². The Balaban J connectivity index is 1.69. The van der Waals surface area contributed by atoms with Gasteiger partial charge in [-0.15, -0.1) is 0 Å². The van der Waals surface area contributed by atoms with Gasteiger partial charge in [0, 0.05) is 28.4 Å². The van der Waals surface area contributed by atoms with Crippen molar-refractivity contribution in [1.29, 1.82) is 0 Å². The SMILES string of the molecule is CCc1ccc(-c2cc(NC(=O)Cn3cc(Br)ccc3=O)on2)cc1. The number of carbonyl (C=O) groups is 1. The summed E-state index contributed by atoms with van der Waals surface area (Å²) >= 11 is 3.27. The summed E-state index contributed by atoms with van der Waals surface area (Å²) in [6.45, 7) is 1.98. The van der Waals surface area contributed by atoms with Gasteiger partial charge in [-0.1, -0.05) is 36.3 Å². The van der Waals surface area contributed by atoms with Gasteiger partial charge in [0.05, 0.1) is 0 Å². The quantitative estimate of drug-likeness (QED) is 0.709. The summed E-state index contributed by atoms with van der Waals surface area (Å²) < 4.78 is 7.18. The number of rotatable bonds is 5. The number of anilines is 1. The van der Waals surface area contributed by atoms with Crippen LogP contribution in [0, 0.1) is 0 Å². The number of amides is 1. The fourth-order valence-electron chi connectivity index (χ4n) is 2.34. The molecule has 3 aromatic rings. The third-order valence-corrected chi connectivity index (χ3v) is 4.16. The number of hydrogen-bond donors (Lipinski definition) is 1. The molecule has 1 N–H and O–H groups in total. The number of hydrogen-bond acceptors (Lipinski definition) is 4. The summed E-state index contributed by atoms with van der Waals surface area (Å²) in [5.74, 6) is -0.133. The first-order valence-corrected chi connectivity index (χ1v) is 8.56. The second-order valence-corrected chi connectivity index (χ2v) is 6.40. The van der Waals surface area contributed by atoms with E-state index < -0.39 is 0 Å². The zero-order chi connectivity index (χ0) is 17.8. The Morgan fingerprint density at radius 2 is 2.00 bits per heavy atom. The molecule has 2 heterocycles. The summed E-state index contributed by atoms with van der Waals surface area (Å²) in [5.41, 5.74) is 2.52. The van der Waals surface area contributed by atoms with Gasteiger partial charge < -0.3 is 9.09 Å². The van der Waals surface area contributed by atoms with Crippen molar-refractivity contribution < 1.29 is 9.32 Å². The lowest BCUT2D eigenvalue weighted by molar-refractivity contribution is -0.116. The Morgan fingerprint density at radius 3 is 2.72 bits per heavy atom. The van der Waals surface area contributed by atoms with Gasteiger partial charge in [-0.25, -0.2) is 0 Å². The highest BCUT2D eigenvalue weighted by atomic mass is 79.9. The van der Waals surface area contributed by atoms with Crippen molar-refractivity contribution in [2.75, 3.05) is 5.32 Å². The molecule has 1 aromatic carbocycles. The first kappa shape index (κ1) is 17.2. The van der Waals surface area contributed by atoms with E-state index in [1.807, 2.05) is 24.3 Å². The van der Waals surface area contributed by atoms with Crippen LogP contribution in [0.4, 0.5) is 5.88 Å². The summed E-state index contributed by atoms with van der Waals surface area (Å²) in [6.07, 6.45) is 2.53. The van der Waals surface area contributed by atoms with Crippen LogP contribution < -0.4 is 10.9 Å². The van der Waals surface area contributed by atoms with E-state index in [-0.39, 0.29) is 23.9 Å². The van der Waals surface area contributed by atoms with Gasteiger partial charge in [0.2, 0.25) is 11.8 Å². The fraction of sp³-hybridized carbons (Fsp3) is 0.167. The average Bonchev–Trinajstić information content (AvgIpc) is 3.06. The lowest BCUT2D eigenvalue weighted by atomic mass is 10.1. The van der Waals surface area contributed by atoms with Crippen LogP contribution in [0.25, 0.3) is 11.3 Å². The van der Waals surface area contributed by atoms with Crippen LogP contribution in [-0.2, 0) is 17.8 Å². The normalized spacial score (nSPS) is 10.6. The van der Waals surface area contributed by atoms with E-state index in [1.54, 1.807) is 18.3 Å². The average molecular weight is 402 g/mol. The maximum atomic E-state index is 12.1. The number of halogens is 1. The third kappa shape index (κ3) is 4.24. The molecule has 6 nitrogen and oxygen atoms in total. The fourth-order valence-corrected chi connectivity index (χ4v) is 2.72. The van der Waals surface area contributed by atoms with Gasteiger partial charge in [-0.2, -0.15) is 0 Å². The van der Waals surface area contributed by atoms with Crippen LogP contribution in [-0.4, -0.2) is 15.6 Å². The highest BCUT2D eigenvalue weighted by molar-refractivity contribution is 9.10. The molecule has 0 bridgehead atoms. The topological polar surface area (TPSA) is 77.1 Å². The molecule has 0 fully saturated rings. The number of pyridine rings is 1. The summed E-state index contributed by atoms with van der Waals surface area (Å²) in [6, 6.07) is 12.7. The second kappa shape index (κ2) is 7.48. The smallest absolute Gasteiger partial charge is 0.251 e. The lowest BCUT2D eigenvalue weighted by Gasteiger charge is -2.05. The molecule has 0 saturated carbocycles. The van der Waals surface area contributed by atoms with E-state index in [2.05, 4.69) is 33.3 Å². The summed E-state index contributed by atoms with van der Waals surface area (Å²) in [7, 11) is 0. The Bertz CT molecular complexity index is 945. The summed E-state index contributed by atoms with van der Waals surface area (Å²) in [4.78, 5) is 23.8. The lowest BCUT2D eigenvalue weighted by Crippen LogP contribution is -2.26. The number of nitrogens with zero attached hydrogens (tertiary/aromatic N) is 2. The highest BCUT2D eigenvalue weighted by Crippen LogP contribution is 2.22. The molecule has 0 aliphatic rings. The van der Waals surface area contributed by atoms with Crippen LogP contribution in [0.3, 0.4) is 0 Å². The Morgan fingerprint density at radius 1 is 1.24 bits per heavy atom. The van der Waals surface area contributed by atoms with E-state index in [0.717, 1.165) is 16.5 Å². The number of nitrogens with one attached hydrogen (secondary N) is 1. The van der Waals surface area contributed by atoms with E-state index >= 15 is 0 Å². The third-order valence-electron chi connectivity index (χ3n) is 3.69. The molecule has 2 aromatic heterocycles. The van der Waals surface area contributed by atoms with Crippen molar-refractivity contribution >= 4 is 27.7 Å². The molecule has 0 atom stereocenters. The van der Waals surface area contributed by atoms with Crippen molar-refractivity contribution in [2.45, 2.75) is 19.9 Å². The van der Waals surface area contributed by atoms with E-state index in [0.29, 0.717) is 5.69 Å². The molecule has 7 heteroatoms. The van der Waals surface area contributed by atoms with Crippen LogP contribution in [0.2, 0.25) is 0 Å². The molecule has 0 radical (unpaired) electrons. The predicted octanol–water partition coefficient (Wildman–Crippen LogP) is 3.47. The summed E-state index contributed by atoms with van der Waals surface area (Å²) in [5, 5.41) is 6.57. The maximum absolute atomic E-state index is 12.1. The van der Waals surface area contributed by atoms with Crippen molar-refractivity contribution in [3.63, 3.8) is 0 Å². The second-order valence-electron chi connectivity index (χ2n) is 5.49. The zero-order valence-electron chi connectivity index (χ0n) is 13.5. The molecule has 0 aliphatic carbocycles. The van der Waals surface area contributed by atoms with Crippen molar-refractivity contribution in [3.8, 4) is 11.3 Å². The van der Waals surface area contributed by atoms with E-state index in [9.17, 15) is 9.59 Å². The molecule has 1 amide bonds. The van der Waals surface area contributed by atoms with Gasteiger partial charge in [0.1, 0.15) is 12.2 Å². The number of aromatic nitrogens is 2. The van der Waals surface area contributed by atoms with Gasteiger partial charge in [-0.05, 0) is 34.0 Å². The van der Waals surface area contributed by atoms with Gasteiger partial charge >= 0.3 is 0 Å². The van der Waals surface area contributed by atoms with Crippen LogP contribution >= 0.6 is 15.9 Å². The number of carbonyl (C=O) groups excluding carboxylic acids is 1. The van der Waals surface area contributed by atoms with Crippen LogP contribution in [0.15, 0.2) is 62.5 Å². The number of aryl methyl sites for hydroxylation is 1. The monoisotopic (exact) mass is 401 g/mol. The molecular weight excluding hydrogens is 386 g/mol. The standard InChI is InChI=1S/C18H16BrN3O3/c1-2-12-3-5-13(6-4-12)15-9-17(25-21-15)20-16(23)11-22-10-14(19)7-8-18(22)24/h3-10H,2,11H2,1H3,(H,20,23). The molecule has 0 saturated heterocycles. The van der Waals surface area contributed by atoms with Gasteiger partial charge in [-0.3, -0.25) is 14.9 Å². The number of benzene rings is 1. The van der Waals surface area contributed by atoms with Crippen LogP contribution in [0.5, 0.6) is 0 Å². The van der Waals surface area contributed by atoms with Gasteiger partial charge in [0.25, 0.3) is 5.56 Å². The zero-order valence-corrected chi connectivity index (χ0v) is 15.1. The van der Waals surface area contributed by atoms with Crippen molar-refractivity contribution in [3.05, 3.63) is 69.1 Å². The van der Waals surface area contributed by atoms with E-state index in [4.69, 9.17) is 4.52 Å². The highest BCUT2D eigenvalue weighted by Gasteiger charge is 2.11. The van der Waals surface area contributed by atoms with E-state index in [1.165, 1.54) is 16.2 Å². The predicted molar refractivity (Wildman–Crippen MR) is 98.3 cm³/mol. The molecule has 128 valence electrons. The van der Waals surface area contributed by atoms with Crippen molar-refractivity contribution in [2.24, 2.45) is 0 Å². The Hall–Kier alpha value is -2.67. The Kier molecular flexibility index (Phi) is 5.14. The van der Waals surface area contributed by atoms with Crippen molar-refractivity contribution in [1.82, 2.24) is 9.72 Å². The molecule has 0 spiro atoms. The minimum absolute atomic E-state index is 0.112. The maximum Gasteiger partial charge on any atom is 0.251 e. The molecule has 0 unspecified atom stereocenters. The molecule has 0 aliphatic heterocycles. The first-order chi connectivity index (χ1) is 12.0. The Labute approximate surface area is 152 Å². The minimum atomic E-state index is -0.371. The molecule has 3 rings (SSSR count). The molecular formula is C18H16BrN3O3. The first-order valence-electron chi connectivity index (χ1n) is 7.77. The largest absolute Gasteiger partial charge is 0.338 e. The molecule has 25 heavy (non-hydrogen) atoms. The minimum Gasteiger partial charge on any atom is -0.338 e.